The van der Waals surface area contributed by atoms with E-state index in [0.717, 1.165) is 32.8 Å². The Morgan fingerprint density at radius 2 is 1.11 bits per heavy atom. The summed E-state index contributed by atoms with van der Waals surface area (Å²) in [4.78, 5) is 0. The summed E-state index contributed by atoms with van der Waals surface area (Å²) in [6.07, 6.45) is -15.4. The molecule has 170 valence electrons. The summed E-state index contributed by atoms with van der Waals surface area (Å²) in [5.74, 6) is 0. The molecule has 0 aromatic rings. The van der Waals surface area contributed by atoms with Gasteiger partial charge in [-0.2, -0.15) is 31.4 Å². The third-order valence-electron chi connectivity index (χ3n) is 2.83. The molecule has 0 atom stereocenters. The molecule has 0 aliphatic rings. The maximum atomic E-state index is 13.9. The Morgan fingerprint density at radius 3 is 1.32 bits per heavy atom. The van der Waals surface area contributed by atoms with Crippen LogP contribution in [0.3, 0.4) is 0 Å². The molecule has 7 nitrogen and oxygen atoms in total. The van der Waals surface area contributed by atoms with Gasteiger partial charge >= 0.3 is 33.0 Å². The number of nitrogens with one attached hydrogen (secondary N) is 1. The lowest BCUT2D eigenvalue weighted by Gasteiger charge is -2.43. The molecule has 0 aromatic heterocycles. The topological polar surface area (TPSA) is 83.1 Å². The fourth-order valence-electron chi connectivity index (χ4n) is 2.04. The molecular weight excluding hydrogens is 442 g/mol. The Bertz CT molecular complexity index is 557. The molecule has 0 unspecified atom stereocenters. The van der Waals surface area contributed by atoms with E-state index in [2.05, 4.69) is 18.1 Å². The van der Waals surface area contributed by atoms with Crippen LogP contribution in [0.15, 0.2) is 0 Å². The largest absolute Gasteiger partial charge is 0.427 e. The van der Waals surface area contributed by atoms with E-state index < -0.39 is 58.4 Å². The molecule has 0 radical (unpaired) electrons. The Balaban J connectivity index is 7.01. The van der Waals surface area contributed by atoms with Crippen molar-refractivity contribution in [2.45, 2.75) is 71.4 Å². The average molecular weight is 467 g/mol. The van der Waals surface area contributed by atoms with Crippen molar-refractivity contribution in [2.75, 3.05) is 13.2 Å². The molecule has 0 aromatic carbocycles. The van der Waals surface area contributed by atoms with E-state index in [4.69, 9.17) is 0 Å². The highest BCUT2D eigenvalue weighted by Gasteiger charge is 2.84. The lowest BCUT2D eigenvalue weighted by molar-refractivity contribution is -0.279. The fourth-order valence-corrected chi connectivity index (χ4v) is 6.53. The quantitative estimate of drug-likeness (QED) is 0.312. The molecule has 0 bridgehead atoms. The van der Waals surface area contributed by atoms with Crippen LogP contribution in [0.5, 0.6) is 0 Å². The molecular formula is C13H25F6NO6P2. The zero-order valence-corrected chi connectivity index (χ0v) is 18.0. The smallest absolute Gasteiger partial charge is 0.304 e. The Hall–Kier alpha value is -0.160. The standard InChI is InChI=1S/C13H25F6NO6P2/c1-7-23-28(22,24-8-2)20-11(12(14,15)16,13(17,18)19)27(21,25-9(3)4)26-10(5)6/h9-10H,7-8H2,1-6H3,(H,20,22). The van der Waals surface area contributed by atoms with E-state index in [1.54, 1.807) is 0 Å². The summed E-state index contributed by atoms with van der Waals surface area (Å²) < 4.78 is 127. The van der Waals surface area contributed by atoms with Crippen LogP contribution in [0.2, 0.25) is 0 Å². The van der Waals surface area contributed by atoms with E-state index >= 15 is 0 Å². The highest BCUT2D eigenvalue weighted by Crippen LogP contribution is 2.73. The average Bonchev–Trinajstić information content (AvgIpc) is 2.40. The van der Waals surface area contributed by atoms with Gasteiger partial charge in [0.25, 0.3) is 0 Å². The minimum atomic E-state index is -6.32. The molecule has 0 spiro atoms. The lowest BCUT2D eigenvalue weighted by Crippen LogP contribution is -2.65. The Morgan fingerprint density at radius 1 is 0.786 bits per heavy atom. The van der Waals surface area contributed by atoms with Gasteiger partial charge in [-0.15, -0.1) is 0 Å². The van der Waals surface area contributed by atoms with E-state index in [1.165, 1.54) is 13.8 Å². The summed E-state index contributed by atoms with van der Waals surface area (Å²) >= 11 is 0. The van der Waals surface area contributed by atoms with Crippen LogP contribution >= 0.6 is 15.3 Å². The predicted molar refractivity (Wildman–Crippen MR) is 88.9 cm³/mol. The first-order valence-corrected chi connectivity index (χ1v) is 11.3. The summed E-state index contributed by atoms with van der Waals surface area (Å²) in [7, 11) is -11.4. The van der Waals surface area contributed by atoms with Crippen LogP contribution in [0, 0.1) is 0 Å². The number of hydrogen-bond acceptors (Lipinski definition) is 6. The van der Waals surface area contributed by atoms with Crippen molar-refractivity contribution in [3.63, 3.8) is 0 Å². The van der Waals surface area contributed by atoms with Crippen molar-refractivity contribution in [1.29, 1.82) is 0 Å². The summed E-state index contributed by atoms with van der Waals surface area (Å²) in [6.45, 7) is 5.50. The molecule has 0 rings (SSSR count). The highest BCUT2D eigenvalue weighted by molar-refractivity contribution is 7.58. The lowest BCUT2D eigenvalue weighted by atomic mass is 10.3. The number of hydrogen-bond donors (Lipinski definition) is 1. The Kier molecular flexibility index (Phi) is 9.71. The van der Waals surface area contributed by atoms with Crippen LogP contribution in [0.25, 0.3) is 0 Å². The van der Waals surface area contributed by atoms with Crippen LogP contribution in [0.1, 0.15) is 41.5 Å². The highest BCUT2D eigenvalue weighted by atomic mass is 31.2. The van der Waals surface area contributed by atoms with Gasteiger partial charge in [0.15, 0.2) is 0 Å². The number of alkyl halides is 6. The fraction of sp³-hybridized carbons (Fsp3) is 1.00. The van der Waals surface area contributed by atoms with Gasteiger partial charge < -0.3 is 9.05 Å². The van der Waals surface area contributed by atoms with Crippen molar-refractivity contribution in [3.8, 4) is 0 Å². The van der Waals surface area contributed by atoms with Gasteiger partial charge in [0, 0.05) is 0 Å². The van der Waals surface area contributed by atoms with Crippen molar-refractivity contribution in [3.05, 3.63) is 0 Å². The second-order valence-corrected chi connectivity index (χ2v) is 9.78. The second-order valence-electron chi connectivity index (χ2n) is 5.96. The van der Waals surface area contributed by atoms with Crippen LogP contribution in [-0.2, 0) is 27.2 Å². The minimum Gasteiger partial charge on any atom is -0.304 e. The van der Waals surface area contributed by atoms with Crippen molar-refractivity contribution in [1.82, 2.24) is 5.09 Å². The SMILES string of the molecule is CCOP(=O)(NC(C(F)(F)F)(C(F)(F)F)P(=O)(OC(C)C)OC(C)C)OCC. The maximum absolute atomic E-state index is 13.9. The molecule has 15 heteroatoms. The van der Waals surface area contributed by atoms with Gasteiger partial charge in [-0.25, -0.2) is 4.57 Å². The Labute approximate surface area is 159 Å². The van der Waals surface area contributed by atoms with E-state index in [0.29, 0.717) is 0 Å². The van der Waals surface area contributed by atoms with Crippen LogP contribution in [0.4, 0.5) is 26.3 Å². The minimum absolute atomic E-state index is 0.559. The molecule has 0 heterocycles. The van der Waals surface area contributed by atoms with Crippen molar-refractivity contribution >= 4 is 15.3 Å². The van der Waals surface area contributed by atoms with Gasteiger partial charge in [-0.3, -0.25) is 13.6 Å². The molecule has 0 saturated heterocycles. The monoisotopic (exact) mass is 467 g/mol. The van der Waals surface area contributed by atoms with Crippen LogP contribution in [-0.4, -0.2) is 43.1 Å². The molecule has 0 saturated carbocycles. The van der Waals surface area contributed by atoms with Gasteiger partial charge in [-0.05, 0) is 41.5 Å². The van der Waals surface area contributed by atoms with Gasteiger partial charge in [0.05, 0.1) is 25.4 Å². The summed E-state index contributed by atoms with van der Waals surface area (Å²) in [5.41, 5.74) is 0. The third kappa shape index (κ3) is 6.17. The molecule has 28 heavy (non-hydrogen) atoms. The first-order chi connectivity index (χ1) is 12.4. The number of halogens is 6. The van der Waals surface area contributed by atoms with Gasteiger partial charge in [0.2, 0.25) is 0 Å². The zero-order chi connectivity index (χ0) is 22.6. The normalized spacial score (nSPS) is 14.9. The first kappa shape index (κ1) is 27.8. The van der Waals surface area contributed by atoms with Gasteiger partial charge in [0.1, 0.15) is 0 Å². The first-order valence-electron chi connectivity index (χ1n) is 8.20. The third-order valence-corrected chi connectivity index (χ3v) is 7.65. The van der Waals surface area contributed by atoms with E-state index in [9.17, 15) is 35.5 Å². The second kappa shape index (κ2) is 9.76. The molecule has 1 N–H and O–H groups in total. The zero-order valence-electron chi connectivity index (χ0n) is 16.2. The maximum Gasteiger partial charge on any atom is 0.427 e. The van der Waals surface area contributed by atoms with E-state index in [1.807, 2.05) is 0 Å². The van der Waals surface area contributed by atoms with Crippen molar-refractivity contribution < 1.29 is 53.6 Å². The molecule has 0 aliphatic carbocycles. The molecule has 0 fully saturated rings. The summed E-state index contributed by atoms with van der Waals surface area (Å²) in [6, 6.07) is 0. The molecule has 0 amide bonds. The molecule has 0 aliphatic heterocycles. The van der Waals surface area contributed by atoms with Gasteiger partial charge in [-0.1, -0.05) is 0 Å². The van der Waals surface area contributed by atoms with Crippen molar-refractivity contribution in [2.24, 2.45) is 0 Å². The predicted octanol–water partition coefficient (Wildman–Crippen LogP) is 5.62. The van der Waals surface area contributed by atoms with E-state index in [-0.39, 0.29) is 0 Å². The number of rotatable bonds is 11. The summed E-state index contributed by atoms with van der Waals surface area (Å²) in [5, 5.41) is -4.55. The van der Waals surface area contributed by atoms with Crippen LogP contribution < -0.4 is 5.09 Å².